The van der Waals surface area contributed by atoms with E-state index in [1.54, 1.807) is 7.11 Å². The summed E-state index contributed by atoms with van der Waals surface area (Å²) in [5.74, 6) is 1.58. The van der Waals surface area contributed by atoms with Crippen LogP contribution in [0.4, 0.5) is 4.79 Å². The molecule has 7 heteroatoms. The van der Waals surface area contributed by atoms with Crippen molar-refractivity contribution in [1.82, 2.24) is 14.7 Å². The van der Waals surface area contributed by atoms with Gasteiger partial charge in [-0.25, -0.2) is 4.79 Å². The fourth-order valence-corrected chi connectivity index (χ4v) is 6.74. The van der Waals surface area contributed by atoms with E-state index < -0.39 is 0 Å². The number of rotatable bonds is 6. The van der Waals surface area contributed by atoms with E-state index in [0.717, 1.165) is 77.4 Å². The summed E-state index contributed by atoms with van der Waals surface area (Å²) in [6, 6.07) is 8.10. The van der Waals surface area contributed by atoms with Crippen molar-refractivity contribution < 1.29 is 19.0 Å². The number of hydrogen-bond acceptors (Lipinski definition) is 6. The van der Waals surface area contributed by atoms with Crippen molar-refractivity contribution in [2.24, 2.45) is 0 Å². The SMILES string of the molecule is CCOC(=O)N1[C@@H]2CC[C@@H]1CC(N1CCC(c3cc(CN4CCOCC4)ccc3OC)CC1)C2. The van der Waals surface area contributed by atoms with Gasteiger partial charge in [0.25, 0.3) is 0 Å². The smallest absolute Gasteiger partial charge is 0.410 e. The number of benzene rings is 1. The number of nitrogens with zero attached hydrogens (tertiary/aromatic N) is 3. The van der Waals surface area contributed by atoms with E-state index in [1.807, 2.05) is 6.92 Å². The van der Waals surface area contributed by atoms with Crippen molar-refractivity contribution in [2.45, 2.75) is 76.0 Å². The highest BCUT2D eigenvalue weighted by atomic mass is 16.6. The van der Waals surface area contributed by atoms with E-state index in [0.29, 0.717) is 30.7 Å². The molecule has 4 aliphatic heterocycles. The Morgan fingerprint density at radius 3 is 2.35 bits per heavy atom. The van der Waals surface area contributed by atoms with Gasteiger partial charge in [-0.05, 0) is 81.6 Å². The minimum Gasteiger partial charge on any atom is -0.496 e. The number of amides is 1. The topological polar surface area (TPSA) is 54.5 Å². The van der Waals surface area contributed by atoms with Crippen LogP contribution < -0.4 is 4.74 Å². The lowest BCUT2D eigenvalue weighted by Gasteiger charge is -2.45. The Morgan fingerprint density at radius 2 is 1.71 bits per heavy atom. The summed E-state index contributed by atoms with van der Waals surface area (Å²) in [5.41, 5.74) is 2.76. The molecule has 0 radical (unpaired) electrons. The van der Waals surface area contributed by atoms with Gasteiger partial charge in [0.05, 0.1) is 26.9 Å². The van der Waals surface area contributed by atoms with Gasteiger partial charge >= 0.3 is 6.09 Å². The maximum Gasteiger partial charge on any atom is 0.410 e. The molecule has 0 aromatic heterocycles. The summed E-state index contributed by atoms with van der Waals surface area (Å²) >= 11 is 0. The van der Waals surface area contributed by atoms with Crippen molar-refractivity contribution in [3.63, 3.8) is 0 Å². The molecule has 34 heavy (non-hydrogen) atoms. The molecular weight excluding hydrogens is 430 g/mol. The lowest BCUT2D eigenvalue weighted by atomic mass is 9.86. The van der Waals surface area contributed by atoms with Gasteiger partial charge in [0.15, 0.2) is 0 Å². The van der Waals surface area contributed by atoms with E-state index in [4.69, 9.17) is 14.2 Å². The van der Waals surface area contributed by atoms with Gasteiger partial charge in [0, 0.05) is 37.8 Å². The van der Waals surface area contributed by atoms with Gasteiger partial charge < -0.3 is 24.0 Å². The molecule has 1 amide bonds. The predicted octanol–water partition coefficient (Wildman–Crippen LogP) is 3.86. The third-order valence-electron chi connectivity index (χ3n) is 8.48. The average molecular weight is 472 g/mol. The molecule has 188 valence electrons. The van der Waals surface area contributed by atoms with E-state index in [2.05, 4.69) is 32.9 Å². The first-order valence-electron chi connectivity index (χ1n) is 13.3. The number of piperidine rings is 2. The molecule has 4 fully saturated rings. The molecule has 1 aromatic carbocycles. The number of morpholine rings is 1. The normalized spacial score (nSPS) is 28.8. The highest BCUT2D eigenvalue weighted by Crippen LogP contribution is 2.41. The number of likely N-dealkylation sites (tertiary alicyclic amines) is 1. The van der Waals surface area contributed by atoms with E-state index >= 15 is 0 Å². The maximum absolute atomic E-state index is 12.4. The first kappa shape index (κ1) is 23.9. The monoisotopic (exact) mass is 471 g/mol. The molecule has 4 aliphatic rings. The number of carbonyl (C=O) groups is 1. The molecule has 0 N–H and O–H groups in total. The van der Waals surface area contributed by atoms with Gasteiger partial charge in [-0.3, -0.25) is 4.90 Å². The lowest BCUT2D eigenvalue weighted by Crippen LogP contribution is -2.53. The summed E-state index contributed by atoms with van der Waals surface area (Å²) in [4.78, 5) is 19.7. The molecule has 1 aromatic rings. The Hall–Kier alpha value is -1.83. The van der Waals surface area contributed by atoms with Crippen LogP contribution in [0.1, 0.15) is 62.5 Å². The van der Waals surface area contributed by atoms with Crippen LogP contribution >= 0.6 is 0 Å². The predicted molar refractivity (Wildman–Crippen MR) is 131 cm³/mol. The van der Waals surface area contributed by atoms with Crippen molar-refractivity contribution >= 4 is 6.09 Å². The van der Waals surface area contributed by atoms with Crippen LogP contribution in [-0.4, -0.2) is 92.0 Å². The van der Waals surface area contributed by atoms with Crippen LogP contribution in [0.5, 0.6) is 5.75 Å². The molecule has 0 unspecified atom stereocenters. The Kier molecular flexibility index (Phi) is 7.61. The van der Waals surface area contributed by atoms with Crippen LogP contribution in [0.2, 0.25) is 0 Å². The Labute approximate surface area is 204 Å². The second kappa shape index (κ2) is 10.8. The standard InChI is InChI=1S/C27H41N3O4/c1-3-34-27(31)30-22-5-6-23(30)18-24(17-22)29-10-8-21(9-11-29)25-16-20(4-7-26(25)32-2)19-28-12-14-33-15-13-28/h4,7,16,21-24H,3,5-6,8-15,17-19H2,1-2H3/t22-,23-/m1/s1. The maximum atomic E-state index is 12.4. The molecule has 4 heterocycles. The summed E-state index contributed by atoms with van der Waals surface area (Å²) in [7, 11) is 1.79. The van der Waals surface area contributed by atoms with E-state index in [9.17, 15) is 4.79 Å². The van der Waals surface area contributed by atoms with Crippen LogP contribution in [0, 0.1) is 0 Å². The number of carbonyl (C=O) groups excluding carboxylic acids is 1. The molecule has 0 saturated carbocycles. The van der Waals surface area contributed by atoms with Crippen molar-refractivity contribution in [3.05, 3.63) is 29.3 Å². The fourth-order valence-electron chi connectivity index (χ4n) is 6.74. The highest BCUT2D eigenvalue weighted by Gasteiger charge is 2.45. The van der Waals surface area contributed by atoms with Crippen molar-refractivity contribution in [1.29, 1.82) is 0 Å². The minimum atomic E-state index is -0.101. The summed E-state index contributed by atoms with van der Waals surface area (Å²) in [6.07, 6.45) is 6.69. The first-order valence-corrected chi connectivity index (χ1v) is 13.3. The summed E-state index contributed by atoms with van der Waals surface area (Å²) < 4.78 is 16.6. The first-order chi connectivity index (χ1) is 16.7. The molecule has 4 saturated heterocycles. The van der Waals surface area contributed by atoms with Gasteiger partial charge in [0.1, 0.15) is 5.75 Å². The van der Waals surface area contributed by atoms with Gasteiger partial charge in [-0.2, -0.15) is 0 Å². The van der Waals surface area contributed by atoms with Crippen molar-refractivity contribution in [3.8, 4) is 5.75 Å². The van der Waals surface area contributed by atoms with Gasteiger partial charge in [-0.15, -0.1) is 0 Å². The third-order valence-corrected chi connectivity index (χ3v) is 8.48. The van der Waals surface area contributed by atoms with Gasteiger partial charge in [-0.1, -0.05) is 12.1 Å². The Morgan fingerprint density at radius 1 is 1.00 bits per heavy atom. The van der Waals surface area contributed by atoms with Crippen LogP contribution in [0.15, 0.2) is 18.2 Å². The zero-order valence-electron chi connectivity index (χ0n) is 20.9. The highest BCUT2D eigenvalue weighted by molar-refractivity contribution is 5.69. The average Bonchev–Trinajstić information content (AvgIpc) is 3.14. The molecule has 7 nitrogen and oxygen atoms in total. The second-order valence-corrected chi connectivity index (χ2v) is 10.4. The van der Waals surface area contributed by atoms with E-state index in [1.165, 1.54) is 24.0 Å². The van der Waals surface area contributed by atoms with Gasteiger partial charge in [0.2, 0.25) is 0 Å². The quantitative estimate of drug-likeness (QED) is 0.628. The molecule has 0 aliphatic carbocycles. The van der Waals surface area contributed by atoms with Crippen molar-refractivity contribution in [2.75, 3.05) is 53.1 Å². The number of fused-ring (bicyclic) bond motifs is 2. The molecule has 0 spiro atoms. The largest absolute Gasteiger partial charge is 0.496 e. The molecular formula is C27H41N3O4. The zero-order valence-corrected chi connectivity index (χ0v) is 20.9. The third kappa shape index (κ3) is 5.07. The van der Waals surface area contributed by atoms with E-state index in [-0.39, 0.29) is 6.09 Å². The number of methoxy groups -OCH3 is 1. The summed E-state index contributed by atoms with van der Waals surface area (Å²) in [5, 5.41) is 0. The molecule has 2 bridgehead atoms. The fraction of sp³-hybridized carbons (Fsp3) is 0.741. The van der Waals surface area contributed by atoms with Crippen LogP contribution in [0.25, 0.3) is 0 Å². The number of hydrogen-bond donors (Lipinski definition) is 0. The Balaban J connectivity index is 1.19. The van der Waals surface area contributed by atoms with Crippen LogP contribution in [0.3, 0.4) is 0 Å². The number of ether oxygens (including phenoxy) is 3. The van der Waals surface area contributed by atoms with Crippen LogP contribution in [-0.2, 0) is 16.0 Å². The minimum absolute atomic E-state index is 0.101. The second-order valence-electron chi connectivity index (χ2n) is 10.4. The zero-order chi connectivity index (χ0) is 23.5. The lowest BCUT2D eigenvalue weighted by molar-refractivity contribution is 0.0335. The summed E-state index contributed by atoms with van der Waals surface area (Å²) in [6.45, 7) is 9.29. The molecule has 2 atom stereocenters. The Bertz CT molecular complexity index is 821. The molecule has 5 rings (SSSR count).